The van der Waals surface area contributed by atoms with Gasteiger partial charge in [-0.25, -0.2) is 9.97 Å². The lowest BCUT2D eigenvalue weighted by Crippen LogP contribution is -2.44. The predicted molar refractivity (Wildman–Crippen MR) is 109 cm³/mol. The van der Waals surface area contributed by atoms with E-state index in [0.29, 0.717) is 31.0 Å². The smallest absolute Gasteiger partial charge is 0.263 e. The summed E-state index contributed by atoms with van der Waals surface area (Å²) < 4.78 is 11.4. The molecule has 2 aliphatic rings. The monoisotopic (exact) mass is 396 g/mol. The molecule has 2 aromatic rings. The molecule has 1 saturated heterocycles. The molecule has 2 atom stereocenters. The fourth-order valence-electron chi connectivity index (χ4n) is 3.97. The van der Waals surface area contributed by atoms with Crippen LogP contribution in [0.1, 0.15) is 49.3 Å². The fourth-order valence-corrected chi connectivity index (χ4v) is 3.97. The van der Waals surface area contributed by atoms with Crippen molar-refractivity contribution < 1.29 is 14.3 Å². The van der Waals surface area contributed by atoms with Crippen LogP contribution in [-0.2, 0) is 17.8 Å². The Hall–Kier alpha value is -2.67. The standard InChI is InChI=1S/C22H28N4O3/c1-3-18(29-20-9-5-4-8-19(20)28-2)22(27)26-12-10-16-15(14-26)13-24-21(25-16)17-7-6-11-23-17/h4-5,8-9,13,17-18,23H,3,6-7,10-12,14H2,1-2H3/t17-,18+/m1/s1. The minimum atomic E-state index is -0.546. The third-order valence-electron chi connectivity index (χ3n) is 5.62. The summed E-state index contributed by atoms with van der Waals surface area (Å²) in [5.74, 6) is 2.09. The Morgan fingerprint density at radius 3 is 2.90 bits per heavy atom. The highest BCUT2D eigenvalue weighted by Gasteiger charge is 2.30. The number of methoxy groups -OCH3 is 1. The average Bonchev–Trinajstić information content (AvgIpc) is 3.31. The number of ether oxygens (including phenoxy) is 2. The summed E-state index contributed by atoms with van der Waals surface area (Å²) in [6.45, 7) is 4.16. The molecule has 0 saturated carbocycles. The molecule has 0 radical (unpaired) electrons. The summed E-state index contributed by atoms with van der Waals surface area (Å²) in [6, 6.07) is 7.68. The molecule has 0 bridgehead atoms. The van der Waals surface area contributed by atoms with E-state index in [2.05, 4.69) is 10.3 Å². The van der Waals surface area contributed by atoms with E-state index >= 15 is 0 Å². The van der Waals surface area contributed by atoms with E-state index in [4.69, 9.17) is 14.5 Å². The van der Waals surface area contributed by atoms with E-state index in [1.165, 1.54) is 0 Å². The first kappa shape index (κ1) is 19.6. The van der Waals surface area contributed by atoms with Crippen LogP contribution in [0.4, 0.5) is 0 Å². The van der Waals surface area contributed by atoms with Gasteiger partial charge in [-0.05, 0) is 37.9 Å². The zero-order chi connectivity index (χ0) is 20.2. The summed E-state index contributed by atoms with van der Waals surface area (Å²) >= 11 is 0. The van der Waals surface area contributed by atoms with Gasteiger partial charge in [0.05, 0.1) is 18.8 Å². The number of nitrogens with zero attached hydrogens (tertiary/aromatic N) is 3. The number of carbonyl (C=O) groups excluding carboxylic acids is 1. The average molecular weight is 396 g/mol. The van der Waals surface area contributed by atoms with Crippen LogP contribution >= 0.6 is 0 Å². The van der Waals surface area contributed by atoms with Crippen molar-refractivity contribution in [1.29, 1.82) is 0 Å². The SMILES string of the molecule is CC[C@H](Oc1ccccc1OC)C(=O)N1CCc2nc([C@H]3CCCN3)ncc2C1. The van der Waals surface area contributed by atoms with Crippen LogP contribution in [0.2, 0.25) is 0 Å². The molecular formula is C22H28N4O3. The first-order chi connectivity index (χ1) is 14.2. The first-order valence-electron chi connectivity index (χ1n) is 10.4. The number of para-hydroxylation sites is 2. The van der Waals surface area contributed by atoms with Crippen LogP contribution in [0.5, 0.6) is 11.5 Å². The number of carbonyl (C=O) groups is 1. The fraction of sp³-hybridized carbons (Fsp3) is 0.500. The Bertz CT molecular complexity index is 867. The minimum Gasteiger partial charge on any atom is -0.493 e. The summed E-state index contributed by atoms with van der Waals surface area (Å²) in [5.41, 5.74) is 2.09. The number of aromatic nitrogens is 2. The molecule has 1 aromatic heterocycles. The molecule has 2 aliphatic heterocycles. The lowest BCUT2D eigenvalue weighted by Gasteiger charge is -2.31. The Labute approximate surface area is 171 Å². The lowest BCUT2D eigenvalue weighted by molar-refractivity contribution is -0.139. The highest BCUT2D eigenvalue weighted by molar-refractivity contribution is 5.81. The molecular weight excluding hydrogens is 368 g/mol. The van der Waals surface area contributed by atoms with Gasteiger partial charge in [-0.15, -0.1) is 0 Å². The van der Waals surface area contributed by atoms with Crippen molar-refractivity contribution in [3.63, 3.8) is 0 Å². The van der Waals surface area contributed by atoms with Crippen molar-refractivity contribution in [2.24, 2.45) is 0 Å². The molecule has 1 fully saturated rings. The highest BCUT2D eigenvalue weighted by atomic mass is 16.5. The van der Waals surface area contributed by atoms with Gasteiger partial charge in [0.25, 0.3) is 5.91 Å². The first-order valence-corrected chi connectivity index (χ1v) is 10.4. The molecule has 4 rings (SSSR count). The molecule has 1 N–H and O–H groups in total. The second-order valence-electron chi connectivity index (χ2n) is 7.52. The van der Waals surface area contributed by atoms with E-state index in [0.717, 1.165) is 42.9 Å². The number of rotatable bonds is 6. The van der Waals surface area contributed by atoms with Gasteiger partial charge < -0.3 is 19.7 Å². The van der Waals surface area contributed by atoms with E-state index in [9.17, 15) is 4.79 Å². The van der Waals surface area contributed by atoms with Crippen LogP contribution in [0.25, 0.3) is 0 Å². The van der Waals surface area contributed by atoms with Crippen LogP contribution in [0.15, 0.2) is 30.5 Å². The second kappa shape index (κ2) is 8.78. The zero-order valence-electron chi connectivity index (χ0n) is 17.1. The van der Waals surface area contributed by atoms with Gasteiger partial charge in [0.2, 0.25) is 0 Å². The molecule has 0 unspecified atom stereocenters. The normalized spacial score (nSPS) is 19.5. The molecule has 0 aliphatic carbocycles. The van der Waals surface area contributed by atoms with Crippen molar-refractivity contribution in [2.45, 2.75) is 51.3 Å². The summed E-state index contributed by atoms with van der Waals surface area (Å²) in [4.78, 5) is 24.3. The molecule has 3 heterocycles. The summed E-state index contributed by atoms with van der Waals surface area (Å²) in [6.07, 6.45) is 4.92. The minimum absolute atomic E-state index is 0.00871. The Morgan fingerprint density at radius 2 is 2.17 bits per heavy atom. The van der Waals surface area contributed by atoms with Crippen molar-refractivity contribution in [3.8, 4) is 11.5 Å². The van der Waals surface area contributed by atoms with Crippen LogP contribution in [-0.4, -0.2) is 47.1 Å². The van der Waals surface area contributed by atoms with Gasteiger partial charge >= 0.3 is 0 Å². The summed E-state index contributed by atoms with van der Waals surface area (Å²) in [7, 11) is 1.60. The third kappa shape index (κ3) is 4.19. The molecule has 154 valence electrons. The topological polar surface area (TPSA) is 76.6 Å². The van der Waals surface area contributed by atoms with Gasteiger partial charge in [-0.3, -0.25) is 4.79 Å². The maximum absolute atomic E-state index is 13.1. The van der Waals surface area contributed by atoms with Crippen LogP contribution in [0, 0.1) is 0 Å². The summed E-state index contributed by atoms with van der Waals surface area (Å²) in [5, 5.41) is 3.45. The number of hydrogen-bond acceptors (Lipinski definition) is 6. The van der Waals surface area contributed by atoms with Crippen molar-refractivity contribution in [1.82, 2.24) is 20.2 Å². The number of nitrogens with one attached hydrogen (secondary N) is 1. The largest absolute Gasteiger partial charge is 0.493 e. The molecule has 1 amide bonds. The van der Waals surface area contributed by atoms with Crippen molar-refractivity contribution >= 4 is 5.91 Å². The Balaban J connectivity index is 1.45. The van der Waals surface area contributed by atoms with E-state index in [1.807, 2.05) is 42.3 Å². The maximum Gasteiger partial charge on any atom is 0.263 e. The number of fused-ring (bicyclic) bond motifs is 1. The van der Waals surface area contributed by atoms with Crippen molar-refractivity contribution in [2.75, 3.05) is 20.2 Å². The number of amides is 1. The Kier molecular flexibility index (Phi) is 5.94. The van der Waals surface area contributed by atoms with Gasteiger partial charge in [-0.1, -0.05) is 19.1 Å². The quantitative estimate of drug-likeness (QED) is 0.809. The van der Waals surface area contributed by atoms with Gasteiger partial charge in [-0.2, -0.15) is 0 Å². The molecule has 1 aromatic carbocycles. The third-order valence-corrected chi connectivity index (χ3v) is 5.62. The predicted octanol–water partition coefficient (Wildman–Crippen LogP) is 2.65. The highest BCUT2D eigenvalue weighted by Crippen LogP contribution is 2.28. The van der Waals surface area contributed by atoms with Gasteiger partial charge in [0.1, 0.15) is 5.82 Å². The molecule has 29 heavy (non-hydrogen) atoms. The lowest BCUT2D eigenvalue weighted by atomic mass is 10.1. The van der Waals surface area contributed by atoms with Crippen LogP contribution in [0.3, 0.4) is 0 Å². The molecule has 7 heteroatoms. The maximum atomic E-state index is 13.1. The van der Waals surface area contributed by atoms with E-state index < -0.39 is 6.10 Å². The van der Waals surface area contributed by atoms with E-state index in [1.54, 1.807) is 7.11 Å². The van der Waals surface area contributed by atoms with Crippen LogP contribution < -0.4 is 14.8 Å². The zero-order valence-corrected chi connectivity index (χ0v) is 17.1. The Morgan fingerprint density at radius 1 is 1.34 bits per heavy atom. The number of hydrogen-bond donors (Lipinski definition) is 1. The van der Waals surface area contributed by atoms with E-state index in [-0.39, 0.29) is 11.9 Å². The van der Waals surface area contributed by atoms with Crippen molar-refractivity contribution in [3.05, 3.63) is 47.5 Å². The molecule has 7 nitrogen and oxygen atoms in total. The number of benzene rings is 1. The van der Waals surface area contributed by atoms with Gasteiger partial charge in [0.15, 0.2) is 17.6 Å². The second-order valence-corrected chi connectivity index (χ2v) is 7.52. The van der Waals surface area contributed by atoms with Gasteiger partial charge in [0, 0.05) is 31.3 Å². The molecule has 0 spiro atoms.